The molecule has 4 N–H and O–H groups in total. The molecule has 6 rings (SSSR count). The monoisotopic (exact) mass is 760 g/mol. The van der Waals surface area contributed by atoms with E-state index >= 15 is 0 Å². The van der Waals surface area contributed by atoms with E-state index in [0.717, 1.165) is 42.2 Å². The number of aliphatic carboxylic acids is 1. The van der Waals surface area contributed by atoms with E-state index in [4.69, 9.17) is 14.5 Å². The quantitative estimate of drug-likeness (QED) is 0.182. The number of alkyl carbamates (subject to hydrolysis) is 1. The second-order valence-corrected chi connectivity index (χ2v) is 16.6. The number of likely N-dealkylation sites (tertiary alicyclic amines) is 1. The topological polar surface area (TPSA) is 189 Å². The fraction of sp³-hybridized carbons (Fsp3) is 0.513. The van der Waals surface area contributed by atoms with Gasteiger partial charge in [0.2, 0.25) is 17.7 Å². The van der Waals surface area contributed by atoms with E-state index in [0.29, 0.717) is 27.8 Å². The summed E-state index contributed by atoms with van der Waals surface area (Å²) in [6, 6.07) is 3.52. The molecule has 0 radical (unpaired) electrons. The highest BCUT2D eigenvalue weighted by molar-refractivity contribution is 7.14. The number of hydrogen-bond acceptors (Lipinski definition) is 10. The van der Waals surface area contributed by atoms with Crippen LogP contribution in [0.3, 0.4) is 0 Å². The van der Waals surface area contributed by atoms with Crippen LogP contribution in [0.5, 0.6) is 5.75 Å². The summed E-state index contributed by atoms with van der Waals surface area (Å²) >= 11 is 1.30. The van der Waals surface area contributed by atoms with E-state index in [1.54, 1.807) is 0 Å². The second kappa shape index (κ2) is 15.0. The van der Waals surface area contributed by atoms with Crippen LogP contribution >= 0.6 is 11.3 Å². The molecule has 1 saturated heterocycles. The van der Waals surface area contributed by atoms with Crippen molar-refractivity contribution >= 4 is 57.2 Å². The molecule has 0 bridgehead atoms. The van der Waals surface area contributed by atoms with Gasteiger partial charge in [0, 0.05) is 30.0 Å². The Morgan fingerprint density at radius 2 is 1.80 bits per heavy atom. The van der Waals surface area contributed by atoms with Crippen LogP contribution in [0.15, 0.2) is 36.2 Å². The number of nitrogens with one attached hydrogen (secondary N) is 3. The molecule has 54 heavy (non-hydrogen) atoms. The lowest BCUT2D eigenvalue weighted by Crippen LogP contribution is -2.59. The molecule has 2 aromatic heterocycles. The summed E-state index contributed by atoms with van der Waals surface area (Å²) in [6.45, 7) is 14.4. The number of nitrogens with zero attached hydrogens (tertiary/aromatic N) is 3. The van der Waals surface area contributed by atoms with Gasteiger partial charge in [-0.3, -0.25) is 14.4 Å². The minimum Gasteiger partial charge on any atom is -0.487 e. The molecule has 0 spiro atoms. The van der Waals surface area contributed by atoms with Crippen molar-refractivity contribution in [3.8, 4) is 17.1 Å². The molecule has 3 aliphatic rings. The minimum absolute atomic E-state index is 0.00111. The van der Waals surface area contributed by atoms with E-state index < -0.39 is 58.9 Å². The average molecular weight is 761 g/mol. The lowest BCUT2D eigenvalue weighted by molar-refractivity contribution is -0.146. The Morgan fingerprint density at radius 3 is 2.43 bits per heavy atom. The molecular formula is C39H48N6O8S. The predicted octanol–water partition coefficient (Wildman–Crippen LogP) is 5.51. The van der Waals surface area contributed by atoms with Gasteiger partial charge in [0.15, 0.2) is 5.13 Å². The number of hydrogen-bond donors (Lipinski definition) is 4. The van der Waals surface area contributed by atoms with Gasteiger partial charge in [0.05, 0.1) is 17.8 Å². The van der Waals surface area contributed by atoms with E-state index in [9.17, 15) is 29.1 Å². The van der Waals surface area contributed by atoms with Crippen molar-refractivity contribution in [3.05, 3.63) is 47.4 Å². The van der Waals surface area contributed by atoms with Crippen LogP contribution in [0.1, 0.15) is 77.3 Å². The maximum atomic E-state index is 14.5. The number of carboxylic acid groups (broad SMARTS) is 1. The molecule has 3 heterocycles. The van der Waals surface area contributed by atoms with Gasteiger partial charge in [-0.25, -0.2) is 19.6 Å². The Labute approximate surface area is 318 Å². The molecule has 288 valence electrons. The average Bonchev–Trinajstić information content (AvgIpc) is 3.51. The molecule has 5 atom stereocenters. The SMILES string of the molecule is C=CC1CC1(NC(=O)C1CC(Oc2c(C)cc(C)c3nc(-c4csc(NC(C)=O)n4)ccc23)CN1C(=O)C(NC(=O)OC1CCCC1)C(C)(C)C)C(=O)O. The van der Waals surface area contributed by atoms with Crippen molar-refractivity contribution in [1.82, 2.24) is 25.5 Å². The Morgan fingerprint density at radius 1 is 1.07 bits per heavy atom. The van der Waals surface area contributed by atoms with E-state index in [2.05, 4.69) is 27.5 Å². The van der Waals surface area contributed by atoms with Gasteiger partial charge in [-0.1, -0.05) is 32.9 Å². The van der Waals surface area contributed by atoms with Crippen LogP contribution in [-0.4, -0.2) is 86.1 Å². The van der Waals surface area contributed by atoms with E-state index in [1.165, 1.54) is 29.2 Å². The normalized spacial score (nSPS) is 23.1. The first-order valence-corrected chi connectivity index (χ1v) is 19.2. The van der Waals surface area contributed by atoms with Gasteiger partial charge >= 0.3 is 12.1 Å². The number of rotatable bonds is 11. The van der Waals surface area contributed by atoms with Gasteiger partial charge in [-0.05, 0) is 74.6 Å². The van der Waals surface area contributed by atoms with Crippen LogP contribution < -0.4 is 20.7 Å². The predicted molar refractivity (Wildman–Crippen MR) is 203 cm³/mol. The molecule has 1 aliphatic heterocycles. The first kappa shape index (κ1) is 38.7. The largest absolute Gasteiger partial charge is 0.487 e. The molecule has 2 aliphatic carbocycles. The number of fused-ring (bicyclic) bond motifs is 1. The summed E-state index contributed by atoms with van der Waals surface area (Å²) in [4.78, 5) is 76.3. The number of amides is 4. The summed E-state index contributed by atoms with van der Waals surface area (Å²) in [5.74, 6) is -2.44. The van der Waals surface area contributed by atoms with Crippen LogP contribution in [0.2, 0.25) is 0 Å². The van der Waals surface area contributed by atoms with Crippen LogP contribution in [0.4, 0.5) is 9.93 Å². The standard InChI is InChI=1S/C39H48N6O8S/c1-8-23-17-39(23,35(49)50)44-33(47)29-16-25(18-45(29)34(48)32(38(5,6)7)43-37(51)53-24-11-9-10-12-24)52-31-21(3)15-20(2)30-26(31)13-14-27(41-30)28-19-54-36(42-28)40-22(4)46/h8,13-15,19,23-25,29,32H,1,9-12,16-18H2,2-7H3,(H,43,51)(H,44,47)(H,49,50)(H,40,42,46). The molecule has 3 fully saturated rings. The van der Waals surface area contributed by atoms with Gasteiger partial charge in [-0.15, -0.1) is 17.9 Å². The summed E-state index contributed by atoms with van der Waals surface area (Å²) in [5.41, 5.74) is 1.33. The minimum atomic E-state index is -1.51. The number of benzene rings is 1. The van der Waals surface area contributed by atoms with E-state index in [-0.39, 0.29) is 31.4 Å². The molecule has 15 heteroatoms. The molecule has 5 unspecified atom stereocenters. The lowest BCUT2D eigenvalue weighted by atomic mass is 9.85. The smallest absolute Gasteiger partial charge is 0.408 e. The third-order valence-electron chi connectivity index (χ3n) is 10.5. The second-order valence-electron chi connectivity index (χ2n) is 15.7. The van der Waals surface area contributed by atoms with Gasteiger partial charge in [0.1, 0.15) is 41.3 Å². The zero-order valence-corrected chi connectivity index (χ0v) is 32.3. The van der Waals surface area contributed by atoms with Gasteiger partial charge in [0.25, 0.3) is 0 Å². The molecule has 14 nitrogen and oxygen atoms in total. The number of thiazole rings is 1. The summed E-state index contributed by atoms with van der Waals surface area (Å²) in [6.07, 6.45) is 3.65. The van der Waals surface area contributed by atoms with Crippen molar-refractivity contribution in [2.45, 2.75) is 110 Å². The number of carbonyl (C=O) groups excluding carboxylic acids is 4. The Balaban J connectivity index is 1.30. The molecule has 3 aromatic rings. The number of ether oxygens (including phenoxy) is 2. The number of carboxylic acids is 1. The number of aryl methyl sites for hydroxylation is 2. The Bertz CT molecular complexity index is 2000. The summed E-state index contributed by atoms with van der Waals surface area (Å²) in [7, 11) is 0. The highest BCUT2D eigenvalue weighted by Crippen LogP contribution is 2.45. The highest BCUT2D eigenvalue weighted by atomic mass is 32.1. The van der Waals surface area contributed by atoms with Crippen molar-refractivity contribution in [3.63, 3.8) is 0 Å². The lowest BCUT2D eigenvalue weighted by Gasteiger charge is -2.35. The fourth-order valence-corrected chi connectivity index (χ4v) is 8.25. The van der Waals surface area contributed by atoms with Crippen molar-refractivity contribution < 1.29 is 38.6 Å². The molecule has 1 aromatic carbocycles. The number of anilines is 1. The van der Waals surface area contributed by atoms with Gasteiger partial charge < -0.3 is 35.4 Å². The Hall–Kier alpha value is -5.05. The first-order valence-electron chi connectivity index (χ1n) is 18.3. The zero-order valence-electron chi connectivity index (χ0n) is 31.5. The summed E-state index contributed by atoms with van der Waals surface area (Å²) < 4.78 is 12.3. The third-order valence-corrected chi connectivity index (χ3v) is 11.2. The van der Waals surface area contributed by atoms with Gasteiger partial charge in [-0.2, -0.15) is 0 Å². The first-order chi connectivity index (χ1) is 25.5. The third kappa shape index (κ3) is 7.91. The number of pyridine rings is 1. The maximum Gasteiger partial charge on any atom is 0.408 e. The van der Waals surface area contributed by atoms with Crippen LogP contribution in [-0.2, 0) is 23.9 Å². The summed E-state index contributed by atoms with van der Waals surface area (Å²) in [5, 5.41) is 21.3. The van der Waals surface area contributed by atoms with Crippen LogP contribution in [0.25, 0.3) is 22.3 Å². The fourth-order valence-electron chi connectivity index (χ4n) is 7.50. The maximum absolute atomic E-state index is 14.5. The molecule has 2 saturated carbocycles. The zero-order chi connectivity index (χ0) is 39.1. The molecular weight excluding hydrogens is 713 g/mol. The Kier molecular flexibility index (Phi) is 10.7. The van der Waals surface area contributed by atoms with Crippen molar-refractivity contribution in [1.29, 1.82) is 0 Å². The van der Waals surface area contributed by atoms with Crippen molar-refractivity contribution in [2.75, 3.05) is 11.9 Å². The number of carbonyl (C=O) groups is 5. The highest BCUT2D eigenvalue weighted by Gasteiger charge is 2.61. The van der Waals surface area contributed by atoms with E-state index in [1.807, 2.05) is 58.2 Å². The van der Waals surface area contributed by atoms with Crippen molar-refractivity contribution in [2.24, 2.45) is 11.3 Å². The molecule has 4 amide bonds. The van der Waals surface area contributed by atoms with Crippen LogP contribution in [0, 0.1) is 25.2 Å². The number of aromatic nitrogens is 2.